The van der Waals surface area contributed by atoms with Crippen LogP contribution < -0.4 is 10.6 Å². The van der Waals surface area contributed by atoms with Crippen molar-refractivity contribution in [2.75, 3.05) is 36.8 Å². The molecule has 1 saturated carbocycles. The molecule has 3 nitrogen and oxygen atoms in total. The molecule has 3 heteroatoms. The van der Waals surface area contributed by atoms with E-state index in [0.29, 0.717) is 0 Å². The summed E-state index contributed by atoms with van der Waals surface area (Å²) in [5.41, 5.74) is 9.31. The highest BCUT2D eigenvalue weighted by Gasteiger charge is 2.26. The first-order valence-electron chi connectivity index (χ1n) is 7.59. The molecule has 0 aromatic heterocycles. The van der Waals surface area contributed by atoms with Gasteiger partial charge in [-0.2, -0.15) is 0 Å². The second kappa shape index (κ2) is 5.41. The van der Waals surface area contributed by atoms with Crippen molar-refractivity contribution in [2.24, 2.45) is 0 Å². The van der Waals surface area contributed by atoms with Gasteiger partial charge in [0.2, 0.25) is 0 Å². The molecule has 2 fully saturated rings. The number of aryl methyl sites for hydroxylation is 1. The van der Waals surface area contributed by atoms with Crippen molar-refractivity contribution in [2.45, 2.75) is 38.6 Å². The van der Waals surface area contributed by atoms with E-state index in [1.54, 1.807) is 0 Å². The molecule has 19 heavy (non-hydrogen) atoms. The summed E-state index contributed by atoms with van der Waals surface area (Å²) < 4.78 is 0. The Kier molecular flexibility index (Phi) is 3.65. The molecule has 0 amide bonds. The highest BCUT2D eigenvalue weighted by molar-refractivity contribution is 5.58. The Bertz CT molecular complexity index is 430. The summed E-state index contributed by atoms with van der Waals surface area (Å²) in [6, 6.07) is 7.29. The topological polar surface area (TPSA) is 32.5 Å². The molecule has 0 bridgehead atoms. The van der Waals surface area contributed by atoms with E-state index >= 15 is 0 Å². The van der Waals surface area contributed by atoms with Crippen molar-refractivity contribution in [3.05, 3.63) is 23.8 Å². The number of piperazine rings is 1. The van der Waals surface area contributed by atoms with Gasteiger partial charge >= 0.3 is 0 Å². The van der Waals surface area contributed by atoms with Gasteiger partial charge in [-0.05, 0) is 43.5 Å². The zero-order chi connectivity index (χ0) is 13.2. The third kappa shape index (κ3) is 2.71. The summed E-state index contributed by atoms with van der Waals surface area (Å²) in [7, 11) is 0. The second-order valence-corrected chi connectivity index (χ2v) is 6.00. The van der Waals surface area contributed by atoms with Gasteiger partial charge in [0.25, 0.3) is 0 Å². The average Bonchev–Trinajstić information content (AvgIpc) is 2.96. The molecule has 104 valence electrons. The molecule has 0 radical (unpaired) electrons. The Balaban J connectivity index is 1.61. The summed E-state index contributed by atoms with van der Waals surface area (Å²) in [6.45, 7) is 6.83. The molecule has 1 aromatic carbocycles. The summed E-state index contributed by atoms with van der Waals surface area (Å²) in [5.74, 6) is 0. The van der Waals surface area contributed by atoms with Crippen LogP contribution in [0.25, 0.3) is 0 Å². The third-order valence-corrected chi connectivity index (χ3v) is 4.77. The van der Waals surface area contributed by atoms with E-state index in [0.717, 1.165) is 24.8 Å². The number of hydrogen-bond acceptors (Lipinski definition) is 3. The first-order chi connectivity index (χ1) is 9.24. The number of benzene rings is 1. The van der Waals surface area contributed by atoms with Crippen molar-refractivity contribution >= 4 is 11.4 Å². The monoisotopic (exact) mass is 259 g/mol. The molecule has 1 aliphatic heterocycles. The van der Waals surface area contributed by atoms with Crippen LogP contribution >= 0.6 is 0 Å². The van der Waals surface area contributed by atoms with Gasteiger partial charge in [-0.15, -0.1) is 0 Å². The molecule has 3 rings (SSSR count). The molecular formula is C16H25N3. The predicted octanol–water partition coefficient (Wildman–Crippen LogP) is 2.64. The van der Waals surface area contributed by atoms with Gasteiger partial charge in [0.15, 0.2) is 0 Å². The van der Waals surface area contributed by atoms with Gasteiger partial charge in [-0.1, -0.05) is 12.8 Å². The van der Waals surface area contributed by atoms with Crippen LogP contribution in [0, 0.1) is 6.92 Å². The van der Waals surface area contributed by atoms with Crippen LogP contribution in [0.5, 0.6) is 0 Å². The van der Waals surface area contributed by atoms with E-state index in [9.17, 15) is 0 Å². The quantitative estimate of drug-likeness (QED) is 0.829. The lowest BCUT2D eigenvalue weighted by atomic mass is 10.1. The minimum Gasteiger partial charge on any atom is -0.399 e. The Morgan fingerprint density at radius 2 is 1.74 bits per heavy atom. The highest BCUT2D eigenvalue weighted by atomic mass is 15.3. The maximum Gasteiger partial charge on any atom is 0.0371 e. The SMILES string of the molecule is Cc1cc(N2CCN(C3CCCC3)CC2)ccc1N. The molecule has 0 spiro atoms. The third-order valence-electron chi connectivity index (χ3n) is 4.77. The Labute approximate surface area is 116 Å². The fourth-order valence-electron chi connectivity index (χ4n) is 3.47. The van der Waals surface area contributed by atoms with Crippen molar-refractivity contribution < 1.29 is 0 Å². The molecule has 1 saturated heterocycles. The molecule has 0 atom stereocenters. The Morgan fingerprint density at radius 1 is 1.05 bits per heavy atom. The van der Waals surface area contributed by atoms with Crippen molar-refractivity contribution in [3.8, 4) is 0 Å². The Hall–Kier alpha value is -1.22. The van der Waals surface area contributed by atoms with E-state index in [2.05, 4.69) is 28.9 Å². The molecule has 2 N–H and O–H groups in total. The van der Waals surface area contributed by atoms with Crippen LogP contribution in [0.4, 0.5) is 11.4 Å². The van der Waals surface area contributed by atoms with Crippen LogP contribution in [0.2, 0.25) is 0 Å². The van der Waals surface area contributed by atoms with Gasteiger partial charge in [0.05, 0.1) is 0 Å². The van der Waals surface area contributed by atoms with Crippen molar-refractivity contribution in [1.29, 1.82) is 0 Å². The molecule has 1 aliphatic carbocycles. The fraction of sp³-hybridized carbons (Fsp3) is 0.625. The first-order valence-corrected chi connectivity index (χ1v) is 7.59. The summed E-state index contributed by atoms with van der Waals surface area (Å²) in [4.78, 5) is 5.20. The molecule has 1 aromatic rings. The van der Waals surface area contributed by atoms with Crippen molar-refractivity contribution in [1.82, 2.24) is 4.90 Å². The Morgan fingerprint density at radius 3 is 2.37 bits per heavy atom. The van der Waals surface area contributed by atoms with Gasteiger partial charge in [-0.3, -0.25) is 4.90 Å². The van der Waals surface area contributed by atoms with Crippen molar-refractivity contribution in [3.63, 3.8) is 0 Å². The summed E-state index contributed by atoms with van der Waals surface area (Å²) in [5, 5.41) is 0. The molecule has 0 unspecified atom stereocenters. The van der Waals surface area contributed by atoms with Crippen LogP contribution in [-0.2, 0) is 0 Å². The van der Waals surface area contributed by atoms with E-state index in [1.807, 2.05) is 6.07 Å². The number of nitrogen functional groups attached to an aromatic ring is 1. The average molecular weight is 259 g/mol. The second-order valence-electron chi connectivity index (χ2n) is 6.00. The minimum atomic E-state index is 0.871. The fourth-order valence-corrected chi connectivity index (χ4v) is 3.47. The minimum absolute atomic E-state index is 0.871. The van der Waals surface area contributed by atoms with E-state index < -0.39 is 0 Å². The van der Waals surface area contributed by atoms with Crippen LogP contribution in [0.15, 0.2) is 18.2 Å². The lowest BCUT2D eigenvalue weighted by molar-refractivity contribution is 0.187. The van der Waals surface area contributed by atoms with Gasteiger partial charge in [0.1, 0.15) is 0 Å². The van der Waals surface area contributed by atoms with E-state index in [4.69, 9.17) is 5.73 Å². The standard InChI is InChI=1S/C16H25N3/c1-13-12-15(6-7-16(13)17)19-10-8-18(9-11-19)14-4-2-3-5-14/h6-7,12,14H,2-5,8-11,17H2,1H3. The van der Waals surface area contributed by atoms with Gasteiger partial charge < -0.3 is 10.6 Å². The zero-order valence-electron chi connectivity index (χ0n) is 11.9. The van der Waals surface area contributed by atoms with Crippen LogP contribution in [0.1, 0.15) is 31.2 Å². The van der Waals surface area contributed by atoms with Crippen LogP contribution in [-0.4, -0.2) is 37.1 Å². The van der Waals surface area contributed by atoms with E-state index in [-0.39, 0.29) is 0 Å². The van der Waals surface area contributed by atoms with Gasteiger partial charge in [0, 0.05) is 43.6 Å². The predicted molar refractivity (Wildman–Crippen MR) is 81.6 cm³/mol. The maximum atomic E-state index is 5.90. The molecule has 2 aliphatic rings. The van der Waals surface area contributed by atoms with Gasteiger partial charge in [-0.25, -0.2) is 0 Å². The lowest BCUT2D eigenvalue weighted by Gasteiger charge is -2.39. The highest BCUT2D eigenvalue weighted by Crippen LogP contribution is 2.26. The number of nitrogens with two attached hydrogens (primary N) is 1. The number of hydrogen-bond donors (Lipinski definition) is 1. The molecular weight excluding hydrogens is 234 g/mol. The smallest absolute Gasteiger partial charge is 0.0371 e. The molecule has 1 heterocycles. The summed E-state index contributed by atoms with van der Waals surface area (Å²) in [6.07, 6.45) is 5.70. The van der Waals surface area contributed by atoms with Crippen LogP contribution in [0.3, 0.4) is 0 Å². The lowest BCUT2D eigenvalue weighted by Crippen LogP contribution is -2.49. The van der Waals surface area contributed by atoms with E-state index in [1.165, 1.54) is 50.0 Å². The number of rotatable bonds is 2. The first kappa shape index (κ1) is 12.8. The summed E-state index contributed by atoms with van der Waals surface area (Å²) >= 11 is 0. The number of anilines is 2. The normalized spacial score (nSPS) is 22.1. The maximum absolute atomic E-state index is 5.90. The number of nitrogens with zero attached hydrogens (tertiary/aromatic N) is 2. The largest absolute Gasteiger partial charge is 0.399 e. The zero-order valence-corrected chi connectivity index (χ0v) is 11.9.